The summed E-state index contributed by atoms with van der Waals surface area (Å²) in [7, 11) is 0. The van der Waals surface area contributed by atoms with Crippen LogP contribution in [0, 0.1) is 12.1 Å². The Labute approximate surface area is 199 Å². The molecule has 0 bridgehead atoms. The van der Waals surface area contributed by atoms with Crippen LogP contribution < -0.4 is 11.2 Å². The van der Waals surface area contributed by atoms with E-state index in [0.29, 0.717) is 10.8 Å². The van der Waals surface area contributed by atoms with Crippen LogP contribution in [-0.4, -0.2) is 38.1 Å². The summed E-state index contributed by atoms with van der Waals surface area (Å²) in [4.78, 5) is 43.3. The van der Waals surface area contributed by atoms with E-state index in [1.807, 2.05) is 38.1 Å². The highest BCUT2D eigenvalue weighted by atomic mass is 35.5. The first-order valence-electron chi connectivity index (χ1n) is 10.5. The van der Waals surface area contributed by atoms with Crippen LogP contribution in [0.2, 0.25) is 5.02 Å². The summed E-state index contributed by atoms with van der Waals surface area (Å²) < 4.78 is 1.23. The number of rotatable bonds is 2. The van der Waals surface area contributed by atoms with Crippen molar-refractivity contribution in [2.75, 3.05) is 6.54 Å². The summed E-state index contributed by atoms with van der Waals surface area (Å²) in [6.07, 6.45) is 0. The van der Waals surface area contributed by atoms with Crippen LogP contribution in [0.15, 0.2) is 44.8 Å². The lowest BCUT2D eigenvalue weighted by Crippen LogP contribution is -2.53. The van der Waals surface area contributed by atoms with Crippen molar-refractivity contribution < 1.29 is 9.90 Å². The van der Waals surface area contributed by atoms with Gasteiger partial charge in [-0.25, -0.2) is 4.79 Å². The number of hydrogen-bond acceptors (Lipinski definition) is 5. The van der Waals surface area contributed by atoms with Crippen LogP contribution in [0.1, 0.15) is 53.0 Å². The Morgan fingerprint density at radius 2 is 2.00 bits per heavy atom. The summed E-state index contributed by atoms with van der Waals surface area (Å²) >= 11 is 8.20. The molecule has 2 unspecified atom stereocenters. The number of aromatic hydroxyl groups is 1. The number of H-pyrrole nitrogens is 1. The molecule has 1 aromatic heterocycles. The molecule has 168 valence electrons. The highest BCUT2D eigenvalue weighted by Gasteiger charge is 2.43. The number of nitrogens with zero attached hydrogens (tertiary/aromatic N) is 2. The molecular weight excluding hydrogens is 462 g/mol. The lowest BCUT2D eigenvalue weighted by atomic mass is 9.82. The van der Waals surface area contributed by atoms with E-state index in [-0.39, 0.29) is 18.3 Å². The Kier molecular flexibility index (Phi) is 5.26. The monoisotopic (exact) mass is 481 g/mol. The molecule has 0 spiro atoms. The fraction of sp³-hybridized carbons (Fsp3) is 0.292. The van der Waals surface area contributed by atoms with E-state index >= 15 is 0 Å². The van der Waals surface area contributed by atoms with Crippen LogP contribution in [0.5, 0.6) is 5.75 Å². The summed E-state index contributed by atoms with van der Waals surface area (Å²) in [6, 6.07) is 14.9. The molecular formula is C24H20ClN3O4S. The molecule has 2 atom stereocenters. The molecule has 0 saturated carbocycles. The zero-order chi connectivity index (χ0) is 23.4. The molecule has 0 radical (unpaired) electrons. The molecule has 2 aromatic carbocycles. The van der Waals surface area contributed by atoms with Gasteiger partial charge in [-0.05, 0) is 31.0 Å². The lowest BCUT2D eigenvalue weighted by Gasteiger charge is -2.41. The van der Waals surface area contributed by atoms with Gasteiger partial charge in [0, 0.05) is 40.8 Å². The third kappa shape index (κ3) is 3.35. The molecule has 5 rings (SSSR count). The fourth-order valence-electron chi connectivity index (χ4n) is 4.72. The van der Waals surface area contributed by atoms with Gasteiger partial charge in [-0.2, -0.15) is 0 Å². The Morgan fingerprint density at radius 1 is 1.24 bits per heavy atom. The highest BCUT2D eigenvalue weighted by molar-refractivity contribution is 7.98. The van der Waals surface area contributed by atoms with E-state index in [4.69, 9.17) is 11.6 Å². The maximum absolute atomic E-state index is 13.2. The molecule has 0 fully saturated rings. The number of nitrogens with one attached hydrogen (secondary N) is 1. The maximum Gasteiger partial charge on any atom is 0.329 e. The Bertz CT molecular complexity index is 1400. The van der Waals surface area contributed by atoms with Crippen LogP contribution in [0.4, 0.5) is 0 Å². The van der Waals surface area contributed by atoms with Gasteiger partial charge in [-0.15, -0.1) is 11.8 Å². The quantitative estimate of drug-likeness (QED) is 0.585. The molecule has 0 aliphatic carbocycles. The third-order valence-electron chi connectivity index (χ3n) is 6.26. The number of thioether (sulfide) groups is 1. The van der Waals surface area contributed by atoms with E-state index in [1.54, 1.807) is 22.7 Å². The third-order valence-corrected chi connectivity index (χ3v) is 7.72. The first kappa shape index (κ1) is 21.7. The second-order valence-electron chi connectivity index (χ2n) is 8.40. The van der Waals surface area contributed by atoms with Crippen molar-refractivity contribution in [3.8, 4) is 5.75 Å². The number of carbonyl (C=O) groups excluding carboxylic acids is 1. The van der Waals surface area contributed by atoms with Crippen molar-refractivity contribution in [2.24, 2.45) is 0 Å². The average molecular weight is 482 g/mol. The molecule has 0 saturated heterocycles. The van der Waals surface area contributed by atoms with Gasteiger partial charge in [0.25, 0.3) is 11.5 Å². The number of amides is 1. The summed E-state index contributed by atoms with van der Waals surface area (Å²) in [5, 5.41) is 11.1. The zero-order valence-electron chi connectivity index (χ0n) is 17.9. The van der Waals surface area contributed by atoms with Gasteiger partial charge in [0.2, 0.25) is 5.75 Å². The van der Waals surface area contributed by atoms with Crippen LogP contribution in [0.3, 0.4) is 0 Å². The average Bonchev–Trinajstić information content (AvgIpc) is 2.95. The second kappa shape index (κ2) is 8.01. The van der Waals surface area contributed by atoms with Gasteiger partial charge in [0.15, 0.2) is 5.69 Å². The zero-order valence-corrected chi connectivity index (χ0v) is 19.5. The van der Waals surface area contributed by atoms with Crippen molar-refractivity contribution in [2.45, 2.75) is 42.5 Å². The summed E-state index contributed by atoms with van der Waals surface area (Å²) in [5.41, 5.74) is 0.611. The SMILES string of the molecule is CC(C)N1CC(C2c3c#ccc(Cl)c3CSc3ccccc32)n2c(c(O)c(=O)[nH]c2=O)C1=O. The predicted octanol–water partition coefficient (Wildman–Crippen LogP) is 3.34. The minimum Gasteiger partial charge on any atom is -0.501 e. The molecule has 3 aromatic rings. The fourth-order valence-corrected chi connectivity index (χ4v) is 6.17. The van der Waals surface area contributed by atoms with Crippen LogP contribution >= 0.6 is 23.4 Å². The minimum atomic E-state index is -0.982. The number of aromatic amines is 1. The predicted molar refractivity (Wildman–Crippen MR) is 125 cm³/mol. The molecule has 9 heteroatoms. The Morgan fingerprint density at radius 3 is 2.76 bits per heavy atom. The van der Waals surface area contributed by atoms with Gasteiger partial charge >= 0.3 is 5.69 Å². The summed E-state index contributed by atoms with van der Waals surface area (Å²) in [5.74, 6) is -1.11. The number of carbonyl (C=O) groups is 1. The standard InChI is InChI=1S/C24H20ClN3O4S/c1-12(2)27-10-17(28-20(23(27)31)21(29)22(30)26-24(28)32)19-13-7-5-8-16(25)15(13)11-33-18-9-4-3-6-14(18)19/h3-4,6,8-9,12,17,19,29H,10-11H2,1-2H3,(H,26,30,32). The number of aromatic nitrogens is 2. The maximum atomic E-state index is 13.2. The summed E-state index contributed by atoms with van der Waals surface area (Å²) in [6.45, 7) is 3.92. The highest BCUT2D eigenvalue weighted by Crippen LogP contribution is 2.47. The smallest absolute Gasteiger partial charge is 0.329 e. The van der Waals surface area contributed by atoms with Crippen LogP contribution in [0.25, 0.3) is 0 Å². The number of hydrogen-bond donors (Lipinski definition) is 2. The van der Waals surface area contributed by atoms with Gasteiger partial charge in [-0.1, -0.05) is 41.9 Å². The molecule has 2 aliphatic heterocycles. The van der Waals surface area contributed by atoms with Gasteiger partial charge in [0.05, 0.1) is 11.1 Å². The van der Waals surface area contributed by atoms with Crippen molar-refractivity contribution >= 4 is 29.3 Å². The van der Waals surface area contributed by atoms with Gasteiger partial charge < -0.3 is 10.0 Å². The largest absolute Gasteiger partial charge is 0.501 e. The minimum absolute atomic E-state index is 0.207. The van der Waals surface area contributed by atoms with Crippen molar-refractivity contribution in [1.29, 1.82) is 0 Å². The van der Waals surface area contributed by atoms with E-state index in [1.165, 1.54) is 4.57 Å². The Hall–Kier alpha value is -3.15. The van der Waals surface area contributed by atoms with E-state index in [0.717, 1.165) is 21.6 Å². The van der Waals surface area contributed by atoms with Crippen molar-refractivity contribution in [3.05, 3.63) is 90.7 Å². The van der Waals surface area contributed by atoms with Crippen molar-refractivity contribution in [3.63, 3.8) is 0 Å². The topological polar surface area (TPSA) is 95.4 Å². The normalized spacial score (nSPS) is 19.4. The number of benzene rings is 1. The molecule has 7 nitrogen and oxygen atoms in total. The van der Waals surface area contributed by atoms with E-state index in [9.17, 15) is 19.5 Å². The lowest BCUT2D eigenvalue weighted by molar-refractivity contribution is 0.0580. The molecule has 3 heterocycles. The molecule has 33 heavy (non-hydrogen) atoms. The molecule has 2 N–H and O–H groups in total. The second-order valence-corrected chi connectivity index (χ2v) is 9.83. The Balaban J connectivity index is 1.85. The van der Waals surface area contributed by atoms with Crippen molar-refractivity contribution in [1.82, 2.24) is 14.5 Å². The number of fused-ring (bicyclic) bond motifs is 3. The molecule has 1 amide bonds. The first-order valence-corrected chi connectivity index (χ1v) is 11.9. The number of halogens is 1. The van der Waals surface area contributed by atoms with E-state index in [2.05, 4.69) is 17.1 Å². The van der Waals surface area contributed by atoms with E-state index < -0.39 is 34.9 Å². The van der Waals surface area contributed by atoms with Crippen LogP contribution in [-0.2, 0) is 5.75 Å². The van der Waals surface area contributed by atoms with Gasteiger partial charge in [0.1, 0.15) is 0 Å². The van der Waals surface area contributed by atoms with Gasteiger partial charge in [-0.3, -0.25) is 19.1 Å². The molecule has 2 aliphatic rings. The first-order chi connectivity index (χ1) is 15.8.